The Morgan fingerprint density at radius 1 is 1.12 bits per heavy atom. The van der Waals surface area contributed by atoms with Gasteiger partial charge < -0.3 is 14.5 Å². The fourth-order valence-electron chi connectivity index (χ4n) is 3.48. The number of para-hydroxylation sites is 2. The van der Waals surface area contributed by atoms with Gasteiger partial charge in [0, 0.05) is 18.8 Å². The van der Waals surface area contributed by atoms with Crippen molar-refractivity contribution in [3.8, 4) is 5.75 Å². The van der Waals surface area contributed by atoms with Gasteiger partial charge in [-0.05, 0) is 37.1 Å². The molecule has 2 aromatic rings. The summed E-state index contributed by atoms with van der Waals surface area (Å²) in [6.45, 7) is 2.00. The van der Waals surface area contributed by atoms with Gasteiger partial charge in [0.15, 0.2) is 12.4 Å². The van der Waals surface area contributed by atoms with Crippen LogP contribution < -0.4 is 14.5 Å². The number of fused-ring (bicyclic) bond motifs is 2. The molecule has 5 nitrogen and oxygen atoms in total. The number of carbonyl (C=O) groups is 2. The maximum atomic E-state index is 13.2. The molecule has 0 spiro atoms. The van der Waals surface area contributed by atoms with Crippen molar-refractivity contribution in [3.05, 3.63) is 53.6 Å². The van der Waals surface area contributed by atoms with Crippen LogP contribution in [-0.4, -0.2) is 31.5 Å². The minimum atomic E-state index is -0.119. The van der Waals surface area contributed by atoms with E-state index in [2.05, 4.69) is 6.07 Å². The van der Waals surface area contributed by atoms with E-state index >= 15 is 0 Å². The summed E-state index contributed by atoms with van der Waals surface area (Å²) in [6, 6.07) is 13.4. The Kier molecular flexibility index (Phi) is 3.30. The minimum absolute atomic E-state index is 0.0417. The van der Waals surface area contributed by atoms with Crippen molar-refractivity contribution >= 4 is 23.2 Å². The van der Waals surface area contributed by atoms with Gasteiger partial charge in [-0.2, -0.15) is 0 Å². The topological polar surface area (TPSA) is 49.9 Å². The molecule has 0 radical (unpaired) electrons. The van der Waals surface area contributed by atoms with Gasteiger partial charge in [-0.3, -0.25) is 9.59 Å². The minimum Gasteiger partial charge on any atom is -0.481 e. The van der Waals surface area contributed by atoms with E-state index in [0.29, 0.717) is 17.0 Å². The predicted octanol–water partition coefficient (Wildman–Crippen LogP) is 2.63. The average molecular weight is 322 g/mol. The maximum absolute atomic E-state index is 13.2. The Morgan fingerprint density at radius 2 is 1.88 bits per heavy atom. The molecule has 1 unspecified atom stereocenters. The molecule has 2 heterocycles. The number of hydrogen-bond donors (Lipinski definition) is 0. The number of anilines is 2. The molecule has 0 fully saturated rings. The number of nitrogens with zero attached hydrogens (tertiary/aromatic N) is 2. The first-order valence-corrected chi connectivity index (χ1v) is 8.01. The first-order chi connectivity index (χ1) is 11.6. The van der Waals surface area contributed by atoms with E-state index in [-0.39, 0.29) is 24.5 Å². The van der Waals surface area contributed by atoms with Crippen LogP contribution in [0.3, 0.4) is 0 Å². The van der Waals surface area contributed by atoms with E-state index in [1.165, 1.54) is 10.5 Å². The highest BCUT2D eigenvalue weighted by Crippen LogP contribution is 2.38. The highest BCUT2D eigenvalue weighted by molar-refractivity contribution is 6.11. The van der Waals surface area contributed by atoms with Gasteiger partial charge in [0.25, 0.3) is 11.8 Å². The SMILES string of the molecule is CC1Cc2ccccc2N1C(=O)c1cccc2c1OCC(=O)N2C. The molecule has 0 aliphatic carbocycles. The van der Waals surface area contributed by atoms with Gasteiger partial charge in [-0.25, -0.2) is 0 Å². The highest BCUT2D eigenvalue weighted by atomic mass is 16.5. The fourth-order valence-corrected chi connectivity index (χ4v) is 3.48. The van der Waals surface area contributed by atoms with Gasteiger partial charge in [0.2, 0.25) is 0 Å². The molecule has 0 saturated heterocycles. The Labute approximate surface area is 140 Å². The zero-order chi connectivity index (χ0) is 16.8. The van der Waals surface area contributed by atoms with Crippen LogP contribution in [0.4, 0.5) is 11.4 Å². The van der Waals surface area contributed by atoms with Crippen molar-refractivity contribution in [2.24, 2.45) is 0 Å². The summed E-state index contributed by atoms with van der Waals surface area (Å²) in [7, 11) is 1.70. The molecular formula is C19H18N2O3. The lowest BCUT2D eigenvalue weighted by molar-refractivity contribution is -0.121. The number of likely N-dealkylation sites (N-methyl/N-ethyl adjacent to an activating group) is 1. The summed E-state index contributed by atoms with van der Waals surface area (Å²) in [4.78, 5) is 28.4. The predicted molar refractivity (Wildman–Crippen MR) is 91.8 cm³/mol. The standard InChI is InChI=1S/C19H18N2O3/c1-12-10-13-6-3-4-8-15(13)21(12)19(23)14-7-5-9-16-18(14)24-11-17(22)20(16)2/h3-9,12H,10-11H2,1-2H3. The molecule has 0 saturated carbocycles. The Hall–Kier alpha value is -2.82. The smallest absolute Gasteiger partial charge is 0.264 e. The van der Waals surface area contributed by atoms with Crippen LogP contribution in [0.25, 0.3) is 0 Å². The first kappa shape index (κ1) is 14.8. The molecular weight excluding hydrogens is 304 g/mol. The summed E-state index contributed by atoms with van der Waals surface area (Å²) >= 11 is 0. The van der Waals surface area contributed by atoms with E-state index in [1.807, 2.05) is 30.0 Å². The van der Waals surface area contributed by atoms with Crippen molar-refractivity contribution in [2.45, 2.75) is 19.4 Å². The van der Waals surface area contributed by atoms with Gasteiger partial charge in [0.05, 0.1) is 11.3 Å². The molecule has 2 aliphatic heterocycles. The number of ether oxygens (including phenoxy) is 1. The maximum Gasteiger partial charge on any atom is 0.264 e. The van der Waals surface area contributed by atoms with E-state index in [9.17, 15) is 9.59 Å². The number of hydrogen-bond acceptors (Lipinski definition) is 3. The monoisotopic (exact) mass is 322 g/mol. The first-order valence-electron chi connectivity index (χ1n) is 8.01. The molecule has 2 aromatic carbocycles. The molecule has 0 bridgehead atoms. The zero-order valence-corrected chi connectivity index (χ0v) is 13.7. The van der Waals surface area contributed by atoms with Gasteiger partial charge in [-0.1, -0.05) is 24.3 Å². The van der Waals surface area contributed by atoms with Crippen LogP contribution in [0, 0.1) is 0 Å². The Morgan fingerprint density at radius 3 is 2.71 bits per heavy atom. The van der Waals surface area contributed by atoms with Gasteiger partial charge in [0.1, 0.15) is 0 Å². The summed E-state index contributed by atoms with van der Waals surface area (Å²) in [6.07, 6.45) is 0.843. The third kappa shape index (κ3) is 2.08. The van der Waals surface area contributed by atoms with Crippen LogP contribution in [0.2, 0.25) is 0 Å². The van der Waals surface area contributed by atoms with Crippen molar-refractivity contribution in [3.63, 3.8) is 0 Å². The lowest BCUT2D eigenvalue weighted by Crippen LogP contribution is -2.39. The number of carbonyl (C=O) groups excluding carboxylic acids is 2. The van der Waals surface area contributed by atoms with E-state index in [4.69, 9.17) is 4.74 Å². The highest BCUT2D eigenvalue weighted by Gasteiger charge is 2.34. The molecule has 1 atom stereocenters. The second-order valence-electron chi connectivity index (χ2n) is 6.25. The van der Waals surface area contributed by atoms with Crippen LogP contribution >= 0.6 is 0 Å². The second kappa shape index (κ2) is 5.37. The Balaban J connectivity index is 1.78. The largest absolute Gasteiger partial charge is 0.481 e. The van der Waals surface area contributed by atoms with Crippen molar-refractivity contribution in [2.75, 3.05) is 23.5 Å². The molecule has 5 heteroatoms. The third-order valence-corrected chi connectivity index (χ3v) is 4.73. The number of rotatable bonds is 1. The number of benzene rings is 2. The molecule has 4 rings (SSSR count). The van der Waals surface area contributed by atoms with Crippen LogP contribution in [0.1, 0.15) is 22.8 Å². The quantitative estimate of drug-likeness (QED) is 0.811. The van der Waals surface area contributed by atoms with E-state index in [0.717, 1.165) is 12.1 Å². The fraction of sp³-hybridized carbons (Fsp3) is 0.263. The lowest BCUT2D eigenvalue weighted by atomic mass is 10.1. The summed E-state index contributed by atoms with van der Waals surface area (Å²) in [5.74, 6) is 0.278. The van der Waals surface area contributed by atoms with E-state index < -0.39 is 0 Å². The summed E-state index contributed by atoms with van der Waals surface area (Å²) in [5.41, 5.74) is 3.26. The summed E-state index contributed by atoms with van der Waals surface area (Å²) in [5, 5.41) is 0. The van der Waals surface area contributed by atoms with Crippen molar-refractivity contribution in [1.29, 1.82) is 0 Å². The Bertz CT molecular complexity index is 846. The van der Waals surface area contributed by atoms with Crippen molar-refractivity contribution in [1.82, 2.24) is 0 Å². The molecule has 122 valence electrons. The second-order valence-corrected chi connectivity index (χ2v) is 6.25. The van der Waals surface area contributed by atoms with Crippen LogP contribution in [0.5, 0.6) is 5.75 Å². The third-order valence-electron chi connectivity index (χ3n) is 4.73. The normalized spacial score (nSPS) is 18.9. The number of amides is 2. The van der Waals surface area contributed by atoms with Gasteiger partial charge >= 0.3 is 0 Å². The lowest BCUT2D eigenvalue weighted by Gasteiger charge is -2.29. The molecule has 24 heavy (non-hydrogen) atoms. The molecule has 0 aromatic heterocycles. The van der Waals surface area contributed by atoms with Gasteiger partial charge in [-0.15, -0.1) is 0 Å². The molecule has 2 amide bonds. The van der Waals surface area contributed by atoms with Crippen molar-refractivity contribution < 1.29 is 14.3 Å². The summed E-state index contributed by atoms with van der Waals surface area (Å²) < 4.78 is 5.60. The molecule has 0 N–H and O–H groups in total. The average Bonchev–Trinajstić information content (AvgIpc) is 2.93. The molecule has 2 aliphatic rings. The van der Waals surface area contributed by atoms with E-state index in [1.54, 1.807) is 25.2 Å². The van der Waals surface area contributed by atoms with Crippen LogP contribution in [-0.2, 0) is 11.2 Å². The van der Waals surface area contributed by atoms with Crippen LogP contribution in [0.15, 0.2) is 42.5 Å². The zero-order valence-electron chi connectivity index (χ0n) is 13.7.